The van der Waals surface area contributed by atoms with Crippen LogP contribution in [0.3, 0.4) is 0 Å². The second-order valence-electron chi connectivity index (χ2n) is 3.94. The smallest absolute Gasteiger partial charge is 0.410 e. The van der Waals surface area contributed by atoms with Gasteiger partial charge in [-0.05, 0) is 12.8 Å². The maximum absolute atomic E-state index is 11.3. The van der Waals surface area contributed by atoms with E-state index in [2.05, 4.69) is 13.8 Å². The van der Waals surface area contributed by atoms with Gasteiger partial charge in [-0.15, -0.1) is 0 Å². The summed E-state index contributed by atoms with van der Waals surface area (Å²) in [4.78, 5) is 13.1. The zero-order chi connectivity index (χ0) is 10.0. The lowest BCUT2D eigenvalue weighted by molar-refractivity contribution is 0.132. The van der Waals surface area contributed by atoms with Crippen molar-refractivity contribution < 1.29 is 9.53 Å². The molecular weight excluding hydrogens is 168 g/mol. The Hall–Kier alpha value is -0.770. The van der Waals surface area contributed by atoms with Crippen LogP contribution in [0, 0.1) is 5.92 Å². The Balaban J connectivity index is 2.59. The summed E-state index contributed by atoms with van der Waals surface area (Å²) in [7, 11) is 0. The van der Waals surface area contributed by atoms with Crippen molar-refractivity contribution in [1.82, 2.24) is 4.90 Å². The van der Waals surface area contributed by atoms with Gasteiger partial charge in [0.05, 0.1) is 6.04 Å². The van der Waals surface area contributed by atoms with Crippen LogP contribution < -0.4 is 5.73 Å². The topological polar surface area (TPSA) is 55.6 Å². The van der Waals surface area contributed by atoms with Gasteiger partial charge in [-0.25, -0.2) is 4.79 Å². The largest absolute Gasteiger partial charge is 0.443 e. The highest BCUT2D eigenvalue weighted by molar-refractivity contribution is 5.70. The SMILES string of the molecule is CC(C)CN1C(=O)OC(CN)C1C. The molecule has 4 nitrogen and oxygen atoms in total. The van der Waals surface area contributed by atoms with E-state index in [1.807, 2.05) is 6.92 Å². The van der Waals surface area contributed by atoms with Gasteiger partial charge in [0.2, 0.25) is 0 Å². The molecule has 1 heterocycles. The molecule has 1 fully saturated rings. The number of amides is 1. The lowest BCUT2D eigenvalue weighted by atomic mass is 10.1. The van der Waals surface area contributed by atoms with Gasteiger partial charge in [0.15, 0.2) is 0 Å². The van der Waals surface area contributed by atoms with Crippen molar-refractivity contribution in [3.05, 3.63) is 0 Å². The van der Waals surface area contributed by atoms with Gasteiger partial charge < -0.3 is 15.4 Å². The van der Waals surface area contributed by atoms with Crippen LogP contribution in [0.2, 0.25) is 0 Å². The van der Waals surface area contributed by atoms with E-state index in [-0.39, 0.29) is 18.2 Å². The van der Waals surface area contributed by atoms with E-state index in [0.29, 0.717) is 12.5 Å². The summed E-state index contributed by atoms with van der Waals surface area (Å²) in [6.07, 6.45) is -0.358. The summed E-state index contributed by atoms with van der Waals surface area (Å²) in [5.41, 5.74) is 5.48. The van der Waals surface area contributed by atoms with Gasteiger partial charge in [-0.2, -0.15) is 0 Å². The molecule has 2 atom stereocenters. The second kappa shape index (κ2) is 3.96. The quantitative estimate of drug-likeness (QED) is 0.709. The number of hydrogen-bond donors (Lipinski definition) is 1. The molecule has 2 unspecified atom stereocenters. The van der Waals surface area contributed by atoms with Gasteiger partial charge in [0, 0.05) is 13.1 Å². The molecule has 0 aromatic heterocycles. The zero-order valence-electron chi connectivity index (χ0n) is 8.49. The molecule has 4 heteroatoms. The standard InChI is InChI=1S/C9H18N2O2/c1-6(2)5-11-7(3)8(4-10)13-9(11)12/h6-8H,4-5,10H2,1-3H3. The first kappa shape index (κ1) is 10.3. The van der Waals surface area contributed by atoms with Crippen LogP contribution in [0.5, 0.6) is 0 Å². The third kappa shape index (κ3) is 2.12. The number of ether oxygens (including phenoxy) is 1. The molecule has 0 aliphatic carbocycles. The van der Waals surface area contributed by atoms with E-state index in [9.17, 15) is 4.79 Å². The van der Waals surface area contributed by atoms with Gasteiger partial charge in [0.1, 0.15) is 6.10 Å². The maximum Gasteiger partial charge on any atom is 0.410 e. The molecule has 1 saturated heterocycles. The predicted molar refractivity (Wildman–Crippen MR) is 50.3 cm³/mol. The Kier molecular flexibility index (Phi) is 3.14. The first-order chi connectivity index (χ1) is 6.06. The average molecular weight is 186 g/mol. The number of carbonyl (C=O) groups is 1. The normalized spacial score (nSPS) is 28.4. The van der Waals surface area contributed by atoms with Crippen LogP contribution in [0.25, 0.3) is 0 Å². The van der Waals surface area contributed by atoms with E-state index < -0.39 is 0 Å². The molecule has 1 rings (SSSR count). The minimum atomic E-state index is -0.225. The second-order valence-corrected chi connectivity index (χ2v) is 3.94. The highest BCUT2D eigenvalue weighted by Gasteiger charge is 2.37. The Morgan fingerprint density at radius 3 is 2.62 bits per heavy atom. The fraction of sp³-hybridized carbons (Fsp3) is 0.889. The molecular formula is C9H18N2O2. The third-order valence-corrected chi connectivity index (χ3v) is 2.31. The van der Waals surface area contributed by atoms with Crippen molar-refractivity contribution in [3.63, 3.8) is 0 Å². The van der Waals surface area contributed by atoms with Gasteiger partial charge >= 0.3 is 6.09 Å². The Morgan fingerprint density at radius 1 is 1.62 bits per heavy atom. The van der Waals surface area contributed by atoms with Crippen molar-refractivity contribution in [2.45, 2.75) is 32.9 Å². The minimum absolute atomic E-state index is 0.111. The average Bonchev–Trinajstić information content (AvgIpc) is 2.31. The first-order valence-corrected chi connectivity index (χ1v) is 4.73. The molecule has 1 aliphatic heterocycles. The molecule has 0 spiro atoms. The van der Waals surface area contributed by atoms with E-state index in [1.54, 1.807) is 4.90 Å². The van der Waals surface area contributed by atoms with Crippen LogP contribution in [0.15, 0.2) is 0 Å². The first-order valence-electron chi connectivity index (χ1n) is 4.73. The summed E-state index contributed by atoms with van der Waals surface area (Å²) in [5.74, 6) is 0.464. The fourth-order valence-corrected chi connectivity index (χ4v) is 1.54. The van der Waals surface area contributed by atoms with Crippen LogP contribution >= 0.6 is 0 Å². The summed E-state index contributed by atoms with van der Waals surface area (Å²) < 4.78 is 5.10. The van der Waals surface area contributed by atoms with Crippen molar-refractivity contribution in [2.75, 3.05) is 13.1 Å². The molecule has 13 heavy (non-hydrogen) atoms. The molecule has 1 amide bonds. The molecule has 0 aromatic rings. The van der Waals surface area contributed by atoms with Crippen LogP contribution in [0.1, 0.15) is 20.8 Å². The minimum Gasteiger partial charge on any atom is -0.443 e. The zero-order valence-corrected chi connectivity index (χ0v) is 8.49. The van der Waals surface area contributed by atoms with Gasteiger partial charge in [0.25, 0.3) is 0 Å². The Labute approximate surface area is 79.0 Å². The lowest BCUT2D eigenvalue weighted by Crippen LogP contribution is -2.38. The van der Waals surface area contributed by atoms with Gasteiger partial charge in [-0.1, -0.05) is 13.8 Å². The molecule has 2 N–H and O–H groups in total. The van der Waals surface area contributed by atoms with Crippen molar-refractivity contribution in [1.29, 1.82) is 0 Å². The fourth-order valence-electron chi connectivity index (χ4n) is 1.54. The van der Waals surface area contributed by atoms with E-state index >= 15 is 0 Å². The Morgan fingerprint density at radius 2 is 2.23 bits per heavy atom. The maximum atomic E-state index is 11.3. The molecule has 1 aliphatic rings. The van der Waals surface area contributed by atoms with E-state index in [1.165, 1.54) is 0 Å². The predicted octanol–water partition coefficient (Wildman–Crippen LogP) is 0.810. The van der Waals surface area contributed by atoms with Crippen molar-refractivity contribution >= 4 is 6.09 Å². The molecule has 0 radical (unpaired) electrons. The number of nitrogens with two attached hydrogens (primary N) is 1. The van der Waals surface area contributed by atoms with Crippen LogP contribution in [-0.4, -0.2) is 36.2 Å². The molecule has 0 bridgehead atoms. The highest BCUT2D eigenvalue weighted by atomic mass is 16.6. The number of hydrogen-bond acceptors (Lipinski definition) is 3. The molecule has 0 saturated carbocycles. The monoisotopic (exact) mass is 186 g/mol. The Bertz CT molecular complexity index is 194. The number of nitrogens with zero attached hydrogens (tertiary/aromatic N) is 1. The molecule has 76 valence electrons. The third-order valence-electron chi connectivity index (χ3n) is 2.31. The number of cyclic esters (lactones) is 1. The van der Waals surface area contributed by atoms with Crippen molar-refractivity contribution in [2.24, 2.45) is 11.7 Å². The number of rotatable bonds is 3. The summed E-state index contributed by atoms with van der Waals surface area (Å²) in [5, 5.41) is 0. The lowest BCUT2D eigenvalue weighted by Gasteiger charge is -2.21. The highest BCUT2D eigenvalue weighted by Crippen LogP contribution is 2.19. The summed E-state index contributed by atoms with van der Waals surface area (Å²) >= 11 is 0. The van der Waals surface area contributed by atoms with Crippen molar-refractivity contribution in [3.8, 4) is 0 Å². The van der Waals surface area contributed by atoms with Gasteiger partial charge in [-0.3, -0.25) is 0 Å². The molecule has 0 aromatic carbocycles. The summed E-state index contributed by atoms with van der Waals surface area (Å²) in [6.45, 7) is 7.29. The van der Waals surface area contributed by atoms with Crippen LogP contribution in [-0.2, 0) is 4.74 Å². The van der Waals surface area contributed by atoms with E-state index in [4.69, 9.17) is 10.5 Å². The van der Waals surface area contributed by atoms with E-state index in [0.717, 1.165) is 6.54 Å². The summed E-state index contributed by atoms with van der Waals surface area (Å²) in [6, 6.07) is 0.111. The van der Waals surface area contributed by atoms with Crippen LogP contribution in [0.4, 0.5) is 4.79 Å². The number of carbonyl (C=O) groups excluding carboxylic acids is 1.